The Labute approximate surface area is 157 Å². The Morgan fingerprint density at radius 1 is 1.30 bits per heavy atom. The lowest BCUT2D eigenvalue weighted by atomic mass is 9.89. The van der Waals surface area contributed by atoms with Gasteiger partial charge in [0.05, 0.1) is 7.11 Å². The SMILES string of the molecule is C=CCOC(=O)O[C@H](C)[C@@H]1C(=O)N(Cc2ccc(OC)cc2)[C@@H]1OC(C)=O. The lowest BCUT2D eigenvalue weighted by Crippen LogP contribution is -2.65. The van der Waals surface area contributed by atoms with Crippen molar-refractivity contribution < 1.29 is 33.3 Å². The number of carbonyl (C=O) groups is 3. The Morgan fingerprint density at radius 3 is 2.52 bits per heavy atom. The Kier molecular flexibility index (Phi) is 6.81. The summed E-state index contributed by atoms with van der Waals surface area (Å²) in [6.45, 7) is 6.50. The van der Waals surface area contributed by atoms with Gasteiger partial charge in [0, 0.05) is 13.5 Å². The van der Waals surface area contributed by atoms with Gasteiger partial charge in [-0.15, -0.1) is 0 Å². The maximum atomic E-state index is 12.6. The van der Waals surface area contributed by atoms with E-state index in [-0.39, 0.29) is 19.1 Å². The maximum absolute atomic E-state index is 12.6. The van der Waals surface area contributed by atoms with Crippen LogP contribution in [0.1, 0.15) is 19.4 Å². The number of likely N-dealkylation sites (tertiary alicyclic amines) is 1. The van der Waals surface area contributed by atoms with Crippen LogP contribution in [0.4, 0.5) is 4.79 Å². The topological polar surface area (TPSA) is 91.4 Å². The standard InChI is InChI=1S/C19H23NO7/c1-5-10-25-19(23)26-12(2)16-17(22)20(18(16)27-13(3)21)11-14-6-8-15(24-4)9-7-14/h5-9,12,16,18H,1,10-11H2,2-4H3/t12-,16-,18-/m1/s1. The van der Waals surface area contributed by atoms with Gasteiger partial charge in [-0.1, -0.05) is 24.8 Å². The van der Waals surface area contributed by atoms with Gasteiger partial charge < -0.3 is 23.8 Å². The third-order valence-electron chi connectivity index (χ3n) is 4.09. The molecular formula is C19H23NO7. The van der Waals surface area contributed by atoms with E-state index in [1.165, 1.54) is 17.9 Å². The van der Waals surface area contributed by atoms with Crippen LogP contribution in [0.5, 0.6) is 5.75 Å². The molecule has 1 heterocycles. The highest BCUT2D eigenvalue weighted by Crippen LogP contribution is 2.34. The first-order valence-corrected chi connectivity index (χ1v) is 8.42. The number of nitrogens with zero attached hydrogens (tertiary/aromatic N) is 1. The molecule has 1 aromatic rings. The quantitative estimate of drug-likeness (QED) is 0.390. The fourth-order valence-corrected chi connectivity index (χ4v) is 2.77. The number of hydrogen-bond donors (Lipinski definition) is 0. The van der Waals surface area contributed by atoms with Gasteiger partial charge in [-0.3, -0.25) is 9.59 Å². The van der Waals surface area contributed by atoms with Gasteiger partial charge in [0.1, 0.15) is 24.4 Å². The summed E-state index contributed by atoms with van der Waals surface area (Å²) >= 11 is 0. The number of rotatable bonds is 8. The first-order chi connectivity index (χ1) is 12.9. The van der Waals surface area contributed by atoms with Gasteiger partial charge >= 0.3 is 12.1 Å². The number of benzene rings is 1. The Hall–Kier alpha value is -3.03. The zero-order chi connectivity index (χ0) is 20.0. The minimum absolute atomic E-state index is 0.00113. The minimum atomic E-state index is -0.912. The molecule has 0 spiro atoms. The Bertz CT molecular complexity index is 701. The van der Waals surface area contributed by atoms with E-state index in [9.17, 15) is 14.4 Å². The molecule has 1 aromatic carbocycles. The molecule has 1 aliphatic heterocycles. The van der Waals surface area contributed by atoms with Crippen LogP contribution in [0.3, 0.4) is 0 Å². The van der Waals surface area contributed by atoms with Crippen LogP contribution in [0.2, 0.25) is 0 Å². The van der Waals surface area contributed by atoms with E-state index in [1.54, 1.807) is 26.2 Å². The predicted molar refractivity (Wildman–Crippen MR) is 94.7 cm³/mol. The fourth-order valence-electron chi connectivity index (χ4n) is 2.77. The highest BCUT2D eigenvalue weighted by Gasteiger charge is 2.53. The van der Waals surface area contributed by atoms with Crippen molar-refractivity contribution >= 4 is 18.0 Å². The molecule has 1 aliphatic rings. The zero-order valence-corrected chi connectivity index (χ0v) is 15.5. The van der Waals surface area contributed by atoms with E-state index >= 15 is 0 Å². The second-order valence-electron chi connectivity index (χ2n) is 6.01. The molecule has 8 heteroatoms. The summed E-state index contributed by atoms with van der Waals surface area (Å²) in [6, 6.07) is 7.19. The van der Waals surface area contributed by atoms with Crippen LogP contribution in [0.15, 0.2) is 36.9 Å². The Balaban J connectivity index is 2.05. The highest BCUT2D eigenvalue weighted by molar-refractivity contribution is 5.87. The molecule has 0 saturated carbocycles. The summed E-state index contributed by atoms with van der Waals surface area (Å²) in [6.07, 6.45) is -1.14. The molecule has 1 amide bonds. The van der Waals surface area contributed by atoms with Crippen LogP contribution in [0, 0.1) is 5.92 Å². The van der Waals surface area contributed by atoms with E-state index in [4.69, 9.17) is 18.9 Å². The summed E-state index contributed by atoms with van der Waals surface area (Å²) in [7, 11) is 1.57. The molecule has 0 unspecified atom stereocenters. The number of methoxy groups -OCH3 is 1. The summed E-state index contributed by atoms with van der Waals surface area (Å²) in [5, 5.41) is 0. The molecular weight excluding hydrogens is 354 g/mol. The second kappa shape index (κ2) is 9.07. The number of amides is 1. The predicted octanol–water partition coefficient (Wildman–Crippen LogP) is 2.27. The third kappa shape index (κ3) is 4.99. The monoisotopic (exact) mass is 377 g/mol. The van der Waals surface area contributed by atoms with E-state index in [1.807, 2.05) is 12.1 Å². The van der Waals surface area contributed by atoms with Gasteiger partial charge in [0.25, 0.3) is 0 Å². The molecule has 146 valence electrons. The second-order valence-corrected chi connectivity index (χ2v) is 6.01. The molecule has 0 aliphatic carbocycles. The number of β-lactam (4-membered cyclic amide) rings is 1. The van der Waals surface area contributed by atoms with Gasteiger partial charge in [-0.25, -0.2) is 4.79 Å². The van der Waals surface area contributed by atoms with Crippen molar-refractivity contribution in [3.63, 3.8) is 0 Å². The number of ether oxygens (including phenoxy) is 4. The fraction of sp³-hybridized carbons (Fsp3) is 0.421. The number of esters is 1. The van der Waals surface area contributed by atoms with E-state index < -0.39 is 30.4 Å². The third-order valence-corrected chi connectivity index (χ3v) is 4.09. The minimum Gasteiger partial charge on any atom is -0.497 e. The first kappa shape index (κ1) is 20.3. The molecule has 0 bridgehead atoms. The van der Waals surface area contributed by atoms with Crippen LogP contribution in [-0.4, -0.2) is 49.0 Å². The van der Waals surface area contributed by atoms with Gasteiger partial charge in [0.2, 0.25) is 5.91 Å². The van der Waals surface area contributed by atoms with Crippen molar-refractivity contribution in [1.82, 2.24) is 4.90 Å². The van der Waals surface area contributed by atoms with Crippen molar-refractivity contribution in [2.75, 3.05) is 13.7 Å². The van der Waals surface area contributed by atoms with E-state index in [0.717, 1.165) is 5.56 Å². The molecule has 0 radical (unpaired) electrons. The summed E-state index contributed by atoms with van der Waals surface area (Å²) in [5.41, 5.74) is 0.846. The normalized spacial score (nSPS) is 19.5. The molecule has 2 rings (SSSR count). The van der Waals surface area contributed by atoms with Crippen LogP contribution in [0.25, 0.3) is 0 Å². The maximum Gasteiger partial charge on any atom is 0.508 e. The summed E-state index contributed by atoms with van der Waals surface area (Å²) < 4.78 is 20.2. The lowest BCUT2D eigenvalue weighted by Gasteiger charge is -2.47. The molecule has 0 aromatic heterocycles. The van der Waals surface area contributed by atoms with Gasteiger partial charge in [-0.2, -0.15) is 0 Å². The number of hydrogen-bond acceptors (Lipinski definition) is 7. The average Bonchev–Trinajstić information content (AvgIpc) is 2.64. The summed E-state index contributed by atoms with van der Waals surface area (Å²) in [4.78, 5) is 37.0. The molecule has 8 nitrogen and oxygen atoms in total. The summed E-state index contributed by atoms with van der Waals surface area (Å²) in [5.74, 6) is -0.897. The van der Waals surface area contributed by atoms with Crippen LogP contribution < -0.4 is 4.74 Å². The molecule has 3 atom stereocenters. The van der Waals surface area contributed by atoms with Gasteiger partial charge in [0.15, 0.2) is 6.23 Å². The molecule has 1 saturated heterocycles. The average molecular weight is 377 g/mol. The smallest absolute Gasteiger partial charge is 0.497 e. The Morgan fingerprint density at radius 2 is 1.96 bits per heavy atom. The van der Waals surface area contributed by atoms with Crippen molar-refractivity contribution in [1.29, 1.82) is 0 Å². The van der Waals surface area contributed by atoms with Crippen molar-refractivity contribution in [3.05, 3.63) is 42.5 Å². The molecule has 0 N–H and O–H groups in total. The van der Waals surface area contributed by atoms with Crippen molar-refractivity contribution in [2.24, 2.45) is 5.92 Å². The van der Waals surface area contributed by atoms with E-state index in [0.29, 0.717) is 5.75 Å². The largest absolute Gasteiger partial charge is 0.508 e. The number of carbonyl (C=O) groups excluding carboxylic acids is 3. The highest BCUT2D eigenvalue weighted by atomic mass is 16.7. The van der Waals surface area contributed by atoms with Crippen molar-refractivity contribution in [2.45, 2.75) is 32.7 Å². The van der Waals surface area contributed by atoms with Crippen molar-refractivity contribution in [3.8, 4) is 5.75 Å². The zero-order valence-electron chi connectivity index (χ0n) is 15.5. The van der Waals surface area contributed by atoms with Crippen LogP contribution in [-0.2, 0) is 30.3 Å². The van der Waals surface area contributed by atoms with Gasteiger partial charge in [-0.05, 0) is 24.6 Å². The first-order valence-electron chi connectivity index (χ1n) is 8.42. The lowest BCUT2D eigenvalue weighted by molar-refractivity contribution is -0.209. The van der Waals surface area contributed by atoms with E-state index in [2.05, 4.69) is 6.58 Å². The molecule has 1 fully saturated rings. The molecule has 27 heavy (non-hydrogen) atoms. The van der Waals surface area contributed by atoms with Crippen LogP contribution >= 0.6 is 0 Å².